The monoisotopic (exact) mass is 246 g/mol. The van der Waals surface area contributed by atoms with Gasteiger partial charge in [-0.25, -0.2) is 0 Å². The van der Waals surface area contributed by atoms with Crippen LogP contribution in [0, 0.1) is 10.8 Å². The normalized spacial score (nSPS) is 12.6. The van der Waals surface area contributed by atoms with Crippen LogP contribution in [0.4, 0.5) is 0 Å². The number of hydrogen-bond donors (Lipinski definition) is 0. The molecule has 0 saturated carbocycles. The molecule has 0 N–H and O–H groups in total. The molecule has 0 spiro atoms. The van der Waals surface area contributed by atoms with E-state index in [1.54, 1.807) is 0 Å². The van der Waals surface area contributed by atoms with Gasteiger partial charge in [-0.15, -0.1) is 0 Å². The van der Waals surface area contributed by atoms with E-state index in [4.69, 9.17) is 0 Å². The van der Waals surface area contributed by atoms with Crippen LogP contribution in [-0.2, 0) is 17.6 Å². The molecule has 1 aromatic rings. The minimum absolute atomic E-state index is 0.246. The van der Waals surface area contributed by atoms with E-state index in [0.29, 0.717) is 17.6 Å². The standard InChI is InChI=1S/C17H26O/c1-16(2,3)12-14-9-7-13(8-10-14)11-15(18)17(4,5)6/h7-10H,11-12H2,1-6H3. The van der Waals surface area contributed by atoms with Gasteiger partial charge in [-0.3, -0.25) is 4.79 Å². The van der Waals surface area contributed by atoms with Gasteiger partial charge in [-0.1, -0.05) is 65.8 Å². The zero-order valence-electron chi connectivity index (χ0n) is 12.6. The van der Waals surface area contributed by atoms with Crippen LogP contribution in [0.5, 0.6) is 0 Å². The minimum Gasteiger partial charge on any atom is -0.299 e. The van der Waals surface area contributed by atoms with E-state index in [1.165, 1.54) is 5.56 Å². The highest BCUT2D eigenvalue weighted by atomic mass is 16.1. The fourth-order valence-corrected chi connectivity index (χ4v) is 1.84. The van der Waals surface area contributed by atoms with Gasteiger partial charge in [0.15, 0.2) is 0 Å². The Morgan fingerprint density at radius 1 is 0.889 bits per heavy atom. The van der Waals surface area contributed by atoms with Crippen molar-refractivity contribution in [3.05, 3.63) is 35.4 Å². The molecule has 1 aromatic carbocycles. The topological polar surface area (TPSA) is 17.1 Å². The average molecular weight is 246 g/mol. The zero-order chi connectivity index (χ0) is 14.0. The van der Waals surface area contributed by atoms with E-state index in [0.717, 1.165) is 12.0 Å². The summed E-state index contributed by atoms with van der Waals surface area (Å²) in [6.45, 7) is 12.6. The predicted octanol–water partition coefficient (Wildman–Crippen LogP) is 4.43. The Balaban J connectivity index is 2.70. The Morgan fingerprint density at radius 3 is 1.72 bits per heavy atom. The van der Waals surface area contributed by atoms with Crippen LogP contribution in [0.1, 0.15) is 52.7 Å². The third-order valence-corrected chi connectivity index (χ3v) is 2.96. The fourth-order valence-electron chi connectivity index (χ4n) is 1.84. The molecule has 0 aliphatic heterocycles. The summed E-state index contributed by atoms with van der Waals surface area (Å²) < 4.78 is 0. The average Bonchev–Trinajstić information content (AvgIpc) is 2.17. The van der Waals surface area contributed by atoms with Crippen LogP contribution in [0.3, 0.4) is 0 Å². The van der Waals surface area contributed by atoms with Crippen molar-refractivity contribution in [2.45, 2.75) is 54.4 Å². The van der Waals surface area contributed by atoms with Crippen molar-refractivity contribution in [1.29, 1.82) is 0 Å². The highest BCUT2D eigenvalue weighted by Gasteiger charge is 2.21. The van der Waals surface area contributed by atoms with Gasteiger partial charge in [0.1, 0.15) is 5.78 Å². The summed E-state index contributed by atoms with van der Waals surface area (Å²) in [4.78, 5) is 11.9. The van der Waals surface area contributed by atoms with Gasteiger partial charge >= 0.3 is 0 Å². The van der Waals surface area contributed by atoms with Crippen molar-refractivity contribution < 1.29 is 4.79 Å². The number of hydrogen-bond acceptors (Lipinski definition) is 1. The number of carbonyl (C=O) groups is 1. The van der Waals surface area contributed by atoms with E-state index in [1.807, 2.05) is 20.8 Å². The Morgan fingerprint density at radius 2 is 1.33 bits per heavy atom. The van der Waals surface area contributed by atoms with Crippen molar-refractivity contribution in [3.63, 3.8) is 0 Å². The van der Waals surface area contributed by atoms with Crippen LogP contribution in [0.25, 0.3) is 0 Å². The predicted molar refractivity (Wildman–Crippen MR) is 77.8 cm³/mol. The number of rotatable bonds is 3. The number of benzene rings is 1. The quantitative estimate of drug-likeness (QED) is 0.771. The molecule has 0 bridgehead atoms. The molecular weight excluding hydrogens is 220 g/mol. The van der Waals surface area contributed by atoms with E-state index >= 15 is 0 Å². The van der Waals surface area contributed by atoms with Crippen LogP contribution in [0.15, 0.2) is 24.3 Å². The zero-order valence-corrected chi connectivity index (χ0v) is 12.6. The molecule has 0 aromatic heterocycles. The first-order valence-electron chi connectivity index (χ1n) is 6.69. The molecule has 0 fully saturated rings. The van der Waals surface area contributed by atoms with Gasteiger partial charge in [0.25, 0.3) is 0 Å². The summed E-state index contributed by atoms with van der Waals surface area (Å²) in [7, 11) is 0. The maximum absolute atomic E-state index is 11.9. The summed E-state index contributed by atoms with van der Waals surface area (Å²) in [5, 5.41) is 0. The van der Waals surface area contributed by atoms with Crippen LogP contribution in [0.2, 0.25) is 0 Å². The molecule has 0 radical (unpaired) electrons. The number of ketones is 1. The third-order valence-electron chi connectivity index (χ3n) is 2.96. The van der Waals surface area contributed by atoms with Crippen molar-refractivity contribution in [2.75, 3.05) is 0 Å². The maximum Gasteiger partial charge on any atom is 0.142 e. The summed E-state index contributed by atoms with van der Waals surface area (Å²) in [5.74, 6) is 0.297. The molecule has 0 atom stereocenters. The molecule has 18 heavy (non-hydrogen) atoms. The molecule has 0 amide bonds. The van der Waals surface area contributed by atoms with Crippen molar-refractivity contribution in [2.24, 2.45) is 10.8 Å². The lowest BCUT2D eigenvalue weighted by Gasteiger charge is -2.19. The van der Waals surface area contributed by atoms with Gasteiger partial charge in [0, 0.05) is 11.8 Å². The van der Waals surface area contributed by atoms with Gasteiger partial charge in [0.05, 0.1) is 0 Å². The lowest BCUT2D eigenvalue weighted by Crippen LogP contribution is -2.22. The van der Waals surface area contributed by atoms with Gasteiger partial charge < -0.3 is 0 Å². The molecule has 0 unspecified atom stereocenters. The van der Waals surface area contributed by atoms with E-state index in [9.17, 15) is 4.79 Å². The van der Waals surface area contributed by atoms with Crippen LogP contribution >= 0.6 is 0 Å². The molecule has 0 heterocycles. The second kappa shape index (κ2) is 5.26. The fraction of sp³-hybridized carbons (Fsp3) is 0.588. The lowest BCUT2D eigenvalue weighted by molar-refractivity contribution is -0.125. The van der Waals surface area contributed by atoms with Gasteiger partial charge in [0.2, 0.25) is 0 Å². The molecule has 100 valence electrons. The first-order valence-corrected chi connectivity index (χ1v) is 6.69. The second-order valence-electron chi connectivity index (χ2n) is 7.40. The number of Topliss-reactive ketones (excluding diaryl/α,β-unsaturated/α-hetero) is 1. The van der Waals surface area contributed by atoms with Crippen LogP contribution in [-0.4, -0.2) is 5.78 Å². The largest absolute Gasteiger partial charge is 0.299 e. The van der Waals surface area contributed by atoms with Crippen molar-refractivity contribution >= 4 is 5.78 Å². The third kappa shape index (κ3) is 5.03. The summed E-state index contributed by atoms with van der Waals surface area (Å²) in [6, 6.07) is 8.47. The molecular formula is C17H26O. The summed E-state index contributed by atoms with van der Waals surface area (Å²) in [5.41, 5.74) is 2.52. The Kier molecular flexibility index (Phi) is 4.37. The molecule has 0 aliphatic rings. The molecule has 0 saturated heterocycles. The van der Waals surface area contributed by atoms with Gasteiger partial charge in [-0.2, -0.15) is 0 Å². The maximum atomic E-state index is 11.9. The second-order valence-corrected chi connectivity index (χ2v) is 7.40. The Hall–Kier alpha value is -1.11. The van der Waals surface area contributed by atoms with Crippen molar-refractivity contribution in [3.8, 4) is 0 Å². The molecule has 1 heteroatoms. The summed E-state index contributed by atoms with van der Waals surface area (Å²) >= 11 is 0. The van der Waals surface area contributed by atoms with Crippen molar-refractivity contribution in [1.82, 2.24) is 0 Å². The smallest absolute Gasteiger partial charge is 0.142 e. The highest BCUT2D eigenvalue weighted by molar-refractivity contribution is 5.85. The minimum atomic E-state index is -0.246. The lowest BCUT2D eigenvalue weighted by atomic mass is 9.85. The SMILES string of the molecule is CC(C)(C)Cc1ccc(CC(=O)C(C)(C)C)cc1. The Labute approximate surface area is 112 Å². The first-order chi connectivity index (χ1) is 8.08. The molecule has 1 nitrogen and oxygen atoms in total. The van der Waals surface area contributed by atoms with E-state index in [2.05, 4.69) is 45.0 Å². The van der Waals surface area contributed by atoms with E-state index in [-0.39, 0.29) is 5.41 Å². The highest BCUT2D eigenvalue weighted by Crippen LogP contribution is 2.22. The number of carbonyl (C=O) groups excluding carboxylic acids is 1. The summed E-state index contributed by atoms with van der Waals surface area (Å²) in [6.07, 6.45) is 1.61. The first kappa shape index (κ1) is 14.9. The van der Waals surface area contributed by atoms with Gasteiger partial charge in [-0.05, 0) is 23.0 Å². The molecule has 1 rings (SSSR count). The Bertz CT molecular complexity index is 399. The van der Waals surface area contributed by atoms with Crippen LogP contribution < -0.4 is 0 Å². The van der Waals surface area contributed by atoms with E-state index < -0.39 is 0 Å². The molecule has 0 aliphatic carbocycles.